The van der Waals surface area contributed by atoms with Gasteiger partial charge < -0.3 is 15.2 Å². The number of phenolic OH excluding ortho intramolecular Hbond substituents is 1. The van der Waals surface area contributed by atoms with Crippen molar-refractivity contribution in [3.63, 3.8) is 0 Å². The Bertz CT molecular complexity index is 460. The molecular weight excluding hydrogens is 278 g/mol. The lowest BCUT2D eigenvalue weighted by Crippen LogP contribution is -2.30. The minimum atomic E-state index is 0.0934. The molecule has 0 bridgehead atoms. The first-order valence-electron chi connectivity index (χ1n) is 8.25. The van der Waals surface area contributed by atoms with Crippen LogP contribution in [0.1, 0.15) is 57.9 Å². The largest absolute Gasteiger partial charge is 0.504 e. The van der Waals surface area contributed by atoms with Crippen molar-refractivity contribution >= 4 is 5.91 Å². The highest BCUT2D eigenvalue weighted by molar-refractivity contribution is 5.78. The SMILES string of the molecule is CCCCCCC(CC)C(=O)NCc1ccc(O)c(OC)c1. The molecule has 0 saturated carbocycles. The monoisotopic (exact) mass is 307 g/mol. The van der Waals surface area contributed by atoms with E-state index in [-0.39, 0.29) is 17.6 Å². The van der Waals surface area contributed by atoms with Gasteiger partial charge in [-0.3, -0.25) is 4.79 Å². The van der Waals surface area contributed by atoms with Crippen LogP contribution in [-0.2, 0) is 11.3 Å². The molecule has 1 aromatic rings. The molecule has 1 atom stereocenters. The number of amides is 1. The van der Waals surface area contributed by atoms with Crippen molar-refractivity contribution in [1.29, 1.82) is 0 Å². The van der Waals surface area contributed by atoms with E-state index in [4.69, 9.17) is 4.74 Å². The van der Waals surface area contributed by atoms with Gasteiger partial charge in [0.2, 0.25) is 5.91 Å². The molecule has 1 unspecified atom stereocenters. The highest BCUT2D eigenvalue weighted by atomic mass is 16.5. The summed E-state index contributed by atoms with van der Waals surface area (Å²) in [5.41, 5.74) is 0.920. The average molecular weight is 307 g/mol. The first-order chi connectivity index (χ1) is 10.6. The first kappa shape index (κ1) is 18.3. The van der Waals surface area contributed by atoms with Gasteiger partial charge in [-0.05, 0) is 30.5 Å². The number of hydrogen-bond donors (Lipinski definition) is 2. The number of carbonyl (C=O) groups is 1. The summed E-state index contributed by atoms with van der Waals surface area (Å²) in [7, 11) is 1.51. The number of carbonyl (C=O) groups excluding carboxylic acids is 1. The Morgan fingerprint density at radius 1 is 1.27 bits per heavy atom. The predicted molar refractivity (Wildman–Crippen MR) is 89.0 cm³/mol. The van der Waals surface area contributed by atoms with Crippen LogP contribution in [0.2, 0.25) is 0 Å². The summed E-state index contributed by atoms with van der Waals surface area (Å²) >= 11 is 0. The van der Waals surface area contributed by atoms with E-state index in [0.29, 0.717) is 12.3 Å². The van der Waals surface area contributed by atoms with Crippen LogP contribution in [0.5, 0.6) is 11.5 Å². The van der Waals surface area contributed by atoms with Crippen LogP contribution in [0.3, 0.4) is 0 Å². The maximum absolute atomic E-state index is 12.2. The molecule has 124 valence electrons. The van der Waals surface area contributed by atoms with Crippen molar-refractivity contribution in [2.75, 3.05) is 7.11 Å². The Balaban J connectivity index is 2.46. The van der Waals surface area contributed by atoms with Crippen molar-refractivity contribution in [3.8, 4) is 11.5 Å². The van der Waals surface area contributed by atoms with Crippen LogP contribution >= 0.6 is 0 Å². The molecule has 1 amide bonds. The number of unbranched alkanes of at least 4 members (excludes halogenated alkanes) is 3. The molecule has 0 fully saturated rings. The third-order valence-electron chi connectivity index (χ3n) is 3.98. The fraction of sp³-hybridized carbons (Fsp3) is 0.611. The third-order valence-corrected chi connectivity index (χ3v) is 3.98. The van der Waals surface area contributed by atoms with Crippen LogP contribution in [0.25, 0.3) is 0 Å². The van der Waals surface area contributed by atoms with E-state index in [9.17, 15) is 9.90 Å². The third kappa shape index (κ3) is 5.96. The fourth-order valence-electron chi connectivity index (χ4n) is 2.50. The maximum Gasteiger partial charge on any atom is 0.223 e. The smallest absolute Gasteiger partial charge is 0.223 e. The molecule has 2 N–H and O–H groups in total. The zero-order chi connectivity index (χ0) is 16.4. The van der Waals surface area contributed by atoms with Gasteiger partial charge in [-0.2, -0.15) is 0 Å². The molecule has 0 heterocycles. The molecule has 0 aliphatic rings. The van der Waals surface area contributed by atoms with Crippen LogP contribution in [0.4, 0.5) is 0 Å². The Hall–Kier alpha value is -1.71. The van der Waals surface area contributed by atoms with Gasteiger partial charge in [0.1, 0.15) is 0 Å². The maximum atomic E-state index is 12.2. The van der Waals surface area contributed by atoms with E-state index in [1.54, 1.807) is 18.2 Å². The van der Waals surface area contributed by atoms with E-state index in [0.717, 1.165) is 24.8 Å². The molecule has 0 aliphatic carbocycles. The lowest BCUT2D eigenvalue weighted by Gasteiger charge is -2.15. The Morgan fingerprint density at radius 3 is 2.68 bits per heavy atom. The molecule has 1 aromatic carbocycles. The number of nitrogens with one attached hydrogen (secondary N) is 1. The van der Waals surface area contributed by atoms with Crippen molar-refractivity contribution in [2.45, 2.75) is 58.9 Å². The topological polar surface area (TPSA) is 58.6 Å². The summed E-state index contributed by atoms with van der Waals surface area (Å²) in [6, 6.07) is 5.13. The minimum absolute atomic E-state index is 0.0934. The lowest BCUT2D eigenvalue weighted by atomic mass is 9.97. The summed E-state index contributed by atoms with van der Waals surface area (Å²) < 4.78 is 5.07. The first-order valence-corrected chi connectivity index (χ1v) is 8.25. The molecule has 1 rings (SSSR count). The minimum Gasteiger partial charge on any atom is -0.504 e. The van der Waals surface area contributed by atoms with Crippen molar-refractivity contribution in [1.82, 2.24) is 5.32 Å². The summed E-state index contributed by atoms with van der Waals surface area (Å²) in [5.74, 6) is 0.750. The van der Waals surface area contributed by atoms with Gasteiger partial charge in [-0.25, -0.2) is 0 Å². The van der Waals surface area contributed by atoms with Crippen molar-refractivity contribution < 1.29 is 14.6 Å². The van der Waals surface area contributed by atoms with Crippen LogP contribution < -0.4 is 10.1 Å². The van der Waals surface area contributed by atoms with Gasteiger partial charge in [-0.1, -0.05) is 45.6 Å². The zero-order valence-electron chi connectivity index (χ0n) is 14.0. The number of ether oxygens (including phenoxy) is 1. The number of aromatic hydroxyl groups is 1. The second kappa shape index (κ2) is 10.1. The highest BCUT2D eigenvalue weighted by Crippen LogP contribution is 2.26. The standard InChI is InChI=1S/C18H29NO3/c1-4-6-7-8-9-15(5-2)18(21)19-13-14-10-11-16(20)17(12-14)22-3/h10-12,15,20H,4-9,13H2,1-3H3,(H,19,21). The predicted octanol–water partition coefficient (Wildman–Crippen LogP) is 4.01. The lowest BCUT2D eigenvalue weighted by molar-refractivity contribution is -0.125. The molecule has 0 aliphatic heterocycles. The number of rotatable bonds is 10. The molecule has 0 aromatic heterocycles. The molecular formula is C18H29NO3. The Labute approximate surface area is 133 Å². The normalized spacial score (nSPS) is 12.0. The van der Waals surface area contributed by atoms with Crippen molar-refractivity contribution in [2.24, 2.45) is 5.92 Å². The van der Waals surface area contributed by atoms with E-state index in [2.05, 4.69) is 19.2 Å². The molecule has 0 radical (unpaired) electrons. The van der Waals surface area contributed by atoms with E-state index >= 15 is 0 Å². The van der Waals surface area contributed by atoms with Gasteiger partial charge in [0.05, 0.1) is 7.11 Å². The molecule has 4 heteroatoms. The summed E-state index contributed by atoms with van der Waals surface area (Å²) in [6.45, 7) is 4.71. The zero-order valence-corrected chi connectivity index (χ0v) is 14.0. The van der Waals surface area contributed by atoms with Crippen LogP contribution in [0, 0.1) is 5.92 Å². The second-order valence-corrected chi connectivity index (χ2v) is 5.68. The number of hydrogen-bond acceptors (Lipinski definition) is 3. The Kier molecular flexibility index (Phi) is 8.41. The second-order valence-electron chi connectivity index (χ2n) is 5.68. The summed E-state index contributed by atoms with van der Waals surface area (Å²) in [5, 5.41) is 12.6. The van der Waals surface area contributed by atoms with Crippen molar-refractivity contribution in [3.05, 3.63) is 23.8 Å². The van der Waals surface area contributed by atoms with E-state index in [1.807, 2.05) is 0 Å². The van der Waals surface area contributed by atoms with Gasteiger partial charge in [0.25, 0.3) is 0 Å². The Morgan fingerprint density at radius 2 is 2.05 bits per heavy atom. The molecule has 22 heavy (non-hydrogen) atoms. The highest BCUT2D eigenvalue weighted by Gasteiger charge is 2.15. The molecule has 4 nitrogen and oxygen atoms in total. The molecule has 0 spiro atoms. The van der Waals surface area contributed by atoms with Gasteiger partial charge in [0.15, 0.2) is 11.5 Å². The quantitative estimate of drug-likeness (QED) is 0.642. The van der Waals surface area contributed by atoms with Gasteiger partial charge in [0, 0.05) is 12.5 Å². The molecule has 0 saturated heterocycles. The van der Waals surface area contributed by atoms with Crippen LogP contribution in [0.15, 0.2) is 18.2 Å². The summed E-state index contributed by atoms with van der Waals surface area (Å²) in [6.07, 6.45) is 6.61. The average Bonchev–Trinajstić information content (AvgIpc) is 2.54. The van der Waals surface area contributed by atoms with E-state index < -0.39 is 0 Å². The number of phenols is 1. The summed E-state index contributed by atoms with van der Waals surface area (Å²) in [4.78, 5) is 12.2. The fourth-order valence-corrected chi connectivity index (χ4v) is 2.50. The van der Waals surface area contributed by atoms with Gasteiger partial charge in [-0.15, -0.1) is 0 Å². The van der Waals surface area contributed by atoms with E-state index in [1.165, 1.54) is 26.4 Å². The number of methoxy groups -OCH3 is 1. The van der Waals surface area contributed by atoms with Gasteiger partial charge >= 0.3 is 0 Å². The van der Waals surface area contributed by atoms with Crippen LogP contribution in [-0.4, -0.2) is 18.1 Å². The number of benzene rings is 1.